The number of aromatic nitrogens is 4. The highest BCUT2D eigenvalue weighted by Crippen LogP contribution is 2.34. The molecule has 1 amide bonds. The maximum Gasteiger partial charge on any atom is 0.321 e. The van der Waals surface area contributed by atoms with E-state index in [0.717, 1.165) is 42.1 Å². The molecule has 0 aliphatic heterocycles. The van der Waals surface area contributed by atoms with E-state index in [2.05, 4.69) is 10.3 Å². The van der Waals surface area contributed by atoms with Gasteiger partial charge >= 0.3 is 5.91 Å². The van der Waals surface area contributed by atoms with Crippen molar-refractivity contribution < 1.29 is 14.6 Å². The van der Waals surface area contributed by atoms with Gasteiger partial charge in [-0.15, -0.1) is 0 Å². The molecule has 0 atom stereocenters. The number of anilines is 1. The number of carbonyl (C=O) groups excluding carboxylic acids is 1. The number of amides is 1. The average Bonchev–Trinajstić information content (AvgIpc) is 3.27. The minimum absolute atomic E-state index is 0.00702. The van der Waals surface area contributed by atoms with Gasteiger partial charge in [-0.1, -0.05) is 19.9 Å². The zero-order valence-corrected chi connectivity index (χ0v) is 19.9. The van der Waals surface area contributed by atoms with Crippen molar-refractivity contribution in [2.45, 2.75) is 57.6 Å². The van der Waals surface area contributed by atoms with Crippen LogP contribution < -0.4 is 10.0 Å². The first-order valence-corrected chi connectivity index (χ1v) is 12.1. The summed E-state index contributed by atoms with van der Waals surface area (Å²) in [4.78, 5) is 17.7. The summed E-state index contributed by atoms with van der Waals surface area (Å²) < 4.78 is 2.68. The van der Waals surface area contributed by atoms with Gasteiger partial charge in [0.15, 0.2) is 5.69 Å². The Hall–Kier alpha value is -3.78. The molecule has 0 bridgehead atoms. The second kappa shape index (κ2) is 9.46. The standard InChI is InChI=1S/C27H29N5O3/c1-17(2)25-7-5-8-26(32(25)35)27(34)29-24-14-18-16-31(19-9-11-20(33)12-10-19)30-23(18)15-21(24)22-6-3-4-13-28-22/h3-8,13-17,19-20,33H,9-12H2,1-2H3,(H,29,34). The van der Waals surface area contributed by atoms with E-state index in [1.807, 2.05) is 55.1 Å². The Morgan fingerprint density at radius 3 is 2.66 bits per heavy atom. The van der Waals surface area contributed by atoms with Crippen LogP contribution in [0.3, 0.4) is 0 Å². The van der Waals surface area contributed by atoms with Crippen LogP contribution in [0.1, 0.15) is 67.7 Å². The summed E-state index contributed by atoms with van der Waals surface area (Å²) in [6, 6.07) is 14.7. The molecule has 3 heterocycles. The molecule has 0 radical (unpaired) electrons. The van der Waals surface area contributed by atoms with Gasteiger partial charge < -0.3 is 15.6 Å². The fourth-order valence-electron chi connectivity index (χ4n) is 4.73. The van der Waals surface area contributed by atoms with Crippen LogP contribution in [0.5, 0.6) is 0 Å². The van der Waals surface area contributed by atoms with E-state index < -0.39 is 5.91 Å². The second-order valence-electron chi connectivity index (χ2n) is 9.48. The number of hydrogen-bond donors (Lipinski definition) is 2. The third kappa shape index (κ3) is 4.61. The number of benzene rings is 1. The maximum absolute atomic E-state index is 13.2. The van der Waals surface area contributed by atoms with E-state index in [9.17, 15) is 15.1 Å². The first-order valence-electron chi connectivity index (χ1n) is 12.1. The average molecular weight is 472 g/mol. The second-order valence-corrected chi connectivity index (χ2v) is 9.48. The highest BCUT2D eigenvalue weighted by molar-refractivity contribution is 6.06. The van der Waals surface area contributed by atoms with E-state index in [-0.39, 0.29) is 23.8 Å². The molecule has 3 aromatic heterocycles. The van der Waals surface area contributed by atoms with Gasteiger partial charge in [0.2, 0.25) is 0 Å². The molecule has 8 nitrogen and oxygen atoms in total. The molecular weight excluding hydrogens is 442 g/mol. The molecule has 1 aliphatic rings. The van der Waals surface area contributed by atoms with Gasteiger partial charge in [0.25, 0.3) is 5.69 Å². The van der Waals surface area contributed by atoms with Crippen LogP contribution in [0, 0.1) is 5.21 Å². The Bertz CT molecular complexity index is 1360. The summed E-state index contributed by atoms with van der Waals surface area (Å²) in [5, 5.41) is 31.3. The third-order valence-electron chi connectivity index (χ3n) is 6.69. The first-order chi connectivity index (χ1) is 16.9. The van der Waals surface area contributed by atoms with Crippen molar-refractivity contribution in [2.24, 2.45) is 0 Å². The van der Waals surface area contributed by atoms with Crippen molar-refractivity contribution in [3.63, 3.8) is 0 Å². The summed E-state index contributed by atoms with van der Waals surface area (Å²) in [5.41, 5.74) is 3.38. The molecule has 1 aliphatic carbocycles. The van der Waals surface area contributed by atoms with Crippen molar-refractivity contribution >= 4 is 22.5 Å². The molecule has 180 valence electrons. The zero-order chi connectivity index (χ0) is 24.5. The summed E-state index contributed by atoms with van der Waals surface area (Å²) in [7, 11) is 0. The van der Waals surface area contributed by atoms with Crippen molar-refractivity contribution in [3.05, 3.63) is 77.5 Å². The predicted octanol–water partition coefficient (Wildman–Crippen LogP) is 4.58. The lowest BCUT2D eigenvalue weighted by molar-refractivity contribution is -0.617. The number of pyridine rings is 2. The monoisotopic (exact) mass is 471 g/mol. The van der Waals surface area contributed by atoms with E-state index in [4.69, 9.17) is 5.10 Å². The minimum atomic E-state index is -0.479. The normalized spacial score (nSPS) is 18.2. The summed E-state index contributed by atoms with van der Waals surface area (Å²) in [6.07, 6.45) is 6.75. The molecular formula is C27H29N5O3. The lowest BCUT2D eigenvalue weighted by Crippen LogP contribution is -2.41. The largest absolute Gasteiger partial charge is 0.618 e. The molecule has 8 heteroatoms. The van der Waals surface area contributed by atoms with Crippen molar-refractivity contribution in [3.8, 4) is 11.3 Å². The minimum Gasteiger partial charge on any atom is -0.618 e. The third-order valence-corrected chi connectivity index (χ3v) is 6.69. The van der Waals surface area contributed by atoms with E-state index in [0.29, 0.717) is 21.8 Å². The first kappa shape index (κ1) is 23.0. The number of nitrogens with zero attached hydrogens (tertiary/aromatic N) is 4. The number of hydrogen-bond acceptors (Lipinski definition) is 5. The van der Waals surface area contributed by atoms with Gasteiger partial charge in [-0.25, -0.2) is 0 Å². The SMILES string of the molecule is CC(C)c1cccc(C(=O)Nc2cc3cn(C4CCC(O)CC4)nc3cc2-c2ccccn2)[n+]1[O-]. The van der Waals surface area contributed by atoms with Gasteiger partial charge in [-0.3, -0.25) is 14.5 Å². The maximum atomic E-state index is 13.2. The Morgan fingerprint density at radius 1 is 1.14 bits per heavy atom. The number of aliphatic hydroxyl groups is 1. The van der Waals surface area contributed by atoms with Crippen molar-refractivity contribution in [1.29, 1.82) is 0 Å². The van der Waals surface area contributed by atoms with Crippen molar-refractivity contribution in [2.75, 3.05) is 5.32 Å². The Labute approximate surface area is 203 Å². The number of nitrogens with one attached hydrogen (secondary N) is 1. The molecule has 0 unspecified atom stereocenters. The van der Waals surface area contributed by atoms with Gasteiger partial charge in [0.1, 0.15) is 0 Å². The van der Waals surface area contributed by atoms with Crippen LogP contribution in [-0.2, 0) is 0 Å². The lowest BCUT2D eigenvalue weighted by atomic mass is 9.93. The Balaban J connectivity index is 1.54. The number of fused-ring (bicyclic) bond motifs is 1. The van der Waals surface area contributed by atoms with Crippen molar-refractivity contribution in [1.82, 2.24) is 14.8 Å². The van der Waals surface area contributed by atoms with Crippen LogP contribution in [0.4, 0.5) is 5.69 Å². The van der Waals surface area contributed by atoms with Crippen LogP contribution >= 0.6 is 0 Å². The Morgan fingerprint density at radius 2 is 1.94 bits per heavy atom. The van der Waals surface area contributed by atoms with Crippen LogP contribution in [0.15, 0.2) is 60.9 Å². The van der Waals surface area contributed by atoms with E-state index in [1.54, 1.807) is 18.3 Å². The summed E-state index contributed by atoms with van der Waals surface area (Å²) in [5.74, 6) is -0.486. The fraction of sp³-hybridized carbons (Fsp3) is 0.333. The highest BCUT2D eigenvalue weighted by Gasteiger charge is 2.24. The number of rotatable bonds is 5. The molecule has 4 aromatic rings. The molecule has 5 rings (SSSR count). The smallest absolute Gasteiger partial charge is 0.321 e. The van der Waals surface area contributed by atoms with Crippen LogP contribution in [0.25, 0.3) is 22.2 Å². The number of aliphatic hydroxyl groups excluding tert-OH is 1. The molecule has 0 saturated heterocycles. The summed E-state index contributed by atoms with van der Waals surface area (Å²) >= 11 is 0. The topological polar surface area (TPSA) is 107 Å². The van der Waals surface area contributed by atoms with Crippen LogP contribution in [0.2, 0.25) is 0 Å². The lowest BCUT2D eigenvalue weighted by Gasteiger charge is -2.25. The molecule has 1 aromatic carbocycles. The molecule has 1 fully saturated rings. The molecule has 35 heavy (non-hydrogen) atoms. The van der Waals surface area contributed by atoms with Gasteiger partial charge in [-0.2, -0.15) is 9.83 Å². The van der Waals surface area contributed by atoms with Gasteiger partial charge in [0, 0.05) is 41.4 Å². The molecule has 0 spiro atoms. The number of carbonyl (C=O) groups is 1. The van der Waals surface area contributed by atoms with E-state index in [1.165, 1.54) is 6.07 Å². The van der Waals surface area contributed by atoms with Gasteiger partial charge in [-0.05, 0) is 56.0 Å². The quantitative estimate of drug-likeness (QED) is 0.327. The Kier molecular flexibility index (Phi) is 6.21. The molecule has 2 N–H and O–H groups in total. The summed E-state index contributed by atoms with van der Waals surface area (Å²) in [6.45, 7) is 3.84. The van der Waals surface area contributed by atoms with Crippen LogP contribution in [-0.4, -0.2) is 31.9 Å². The van der Waals surface area contributed by atoms with Gasteiger partial charge in [0.05, 0.1) is 29.0 Å². The van der Waals surface area contributed by atoms with E-state index >= 15 is 0 Å². The fourth-order valence-corrected chi connectivity index (χ4v) is 4.73. The predicted molar refractivity (Wildman–Crippen MR) is 134 cm³/mol. The highest BCUT2D eigenvalue weighted by atomic mass is 16.5. The zero-order valence-electron chi connectivity index (χ0n) is 19.9. The molecule has 1 saturated carbocycles.